The Morgan fingerprint density at radius 2 is 2.27 bits per heavy atom. The standard InChI is InChI=1S/C11H13N3O/c12-9-4-5-10(13-8-9)11(15)14-6-2-1-3-7-14/h1-2,4-5,8H,3,6-7,12H2. The van der Waals surface area contributed by atoms with Crippen molar-refractivity contribution in [3.05, 3.63) is 36.2 Å². The van der Waals surface area contributed by atoms with Gasteiger partial charge in [0.05, 0.1) is 11.9 Å². The van der Waals surface area contributed by atoms with E-state index in [1.165, 1.54) is 6.20 Å². The summed E-state index contributed by atoms with van der Waals surface area (Å²) in [7, 11) is 0. The van der Waals surface area contributed by atoms with Crippen LogP contribution in [0.4, 0.5) is 5.69 Å². The molecule has 1 aliphatic heterocycles. The first-order chi connectivity index (χ1) is 7.27. The number of nitrogens with zero attached hydrogens (tertiary/aromatic N) is 2. The topological polar surface area (TPSA) is 59.2 Å². The molecule has 0 radical (unpaired) electrons. The number of aromatic nitrogens is 1. The first-order valence-electron chi connectivity index (χ1n) is 4.93. The molecule has 1 aliphatic rings. The minimum Gasteiger partial charge on any atom is -0.397 e. The van der Waals surface area contributed by atoms with Gasteiger partial charge in [-0.1, -0.05) is 12.2 Å². The lowest BCUT2D eigenvalue weighted by Crippen LogP contribution is -2.34. The van der Waals surface area contributed by atoms with Crippen LogP contribution < -0.4 is 5.73 Å². The number of carbonyl (C=O) groups excluding carboxylic acids is 1. The lowest BCUT2D eigenvalue weighted by atomic mass is 10.2. The van der Waals surface area contributed by atoms with E-state index >= 15 is 0 Å². The number of anilines is 1. The van der Waals surface area contributed by atoms with E-state index in [0.29, 0.717) is 17.9 Å². The van der Waals surface area contributed by atoms with Gasteiger partial charge in [-0.3, -0.25) is 4.79 Å². The summed E-state index contributed by atoms with van der Waals surface area (Å²) in [5.74, 6) is -0.0284. The maximum atomic E-state index is 11.9. The van der Waals surface area contributed by atoms with Crippen LogP contribution in [-0.4, -0.2) is 28.9 Å². The molecule has 0 bridgehead atoms. The van der Waals surface area contributed by atoms with Crippen LogP contribution in [-0.2, 0) is 0 Å². The van der Waals surface area contributed by atoms with E-state index in [1.54, 1.807) is 17.0 Å². The Morgan fingerprint density at radius 3 is 2.87 bits per heavy atom. The number of pyridine rings is 1. The third-order valence-corrected chi connectivity index (χ3v) is 2.35. The van der Waals surface area contributed by atoms with Crippen LogP contribution in [0.25, 0.3) is 0 Å². The highest BCUT2D eigenvalue weighted by Gasteiger charge is 2.16. The molecule has 0 aliphatic carbocycles. The minimum absolute atomic E-state index is 0.0284. The largest absolute Gasteiger partial charge is 0.397 e. The zero-order valence-electron chi connectivity index (χ0n) is 8.39. The summed E-state index contributed by atoms with van der Waals surface area (Å²) in [5.41, 5.74) is 6.54. The van der Waals surface area contributed by atoms with Crippen LogP contribution >= 0.6 is 0 Å². The summed E-state index contributed by atoms with van der Waals surface area (Å²) in [6, 6.07) is 3.36. The first kappa shape index (κ1) is 9.71. The highest BCUT2D eigenvalue weighted by molar-refractivity contribution is 5.92. The molecule has 1 aromatic rings. The van der Waals surface area contributed by atoms with Crippen molar-refractivity contribution in [3.8, 4) is 0 Å². The number of rotatable bonds is 1. The molecule has 0 unspecified atom stereocenters. The van der Waals surface area contributed by atoms with E-state index in [9.17, 15) is 4.79 Å². The van der Waals surface area contributed by atoms with Crippen LogP contribution in [0.3, 0.4) is 0 Å². The Bertz CT molecular complexity index is 383. The molecule has 4 heteroatoms. The van der Waals surface area contributed by atoms with Gasteiger partial charge in [0.1, 0.15) is 5.69 Å². The molecule has 78 valence electrons. The number of nitrogens with two attached hydrogens (primary N) is 1. The fourth-order valence-electron chi connectivity index (χ4n) is 1.52. The molecule has 1 aromatic heterocycles. The summed E-state index contributed by atoms with van der Waals surface area (Å²) in [6.07, 6.45) is 6.51. The predicted octanol–water partition coefficient (Wildman–Crippen LogP) is 1.07. The van der Waals surface area contributed by atoms with Gasteiger partial charge in [0.2, 0.25) is 0 Å². The molecule has 0 saturated heterocycles. The molecular formula is C11H13N3O. The van der Waals surface area contributed by atoms with Crippen molar-refractivity contribution in [2.45, 2.75) is 6.42 Å². The second-order valence-electron chi connectivity index (χ2n) is 3.49. The maximum Gasteiger partial charge on any atom is 0.272 e. The molecule has 15 heavy (non-hydrogen) atoms. The number of hydrogen-bond acceptors (Lipinski definition) is 3. The van der Waals surface area contributed by atoms with Crippen LogP contribution in [0.5, 0.6) is 0 Å². The highest BCUT2D eigenvalue weighted by atomic mass is 16.2. The molecule has 1 amide bonds. The molecule has 4 nitrogen and oxygen atoms in total. The van der Waals surface area contributed by atoms with E-state index < -0.39 is 0 Å². The maximum absolute atomic E-state index is 11.9. The number of carbonyl (C=O) groups is 1. The van der Waals surface area contributed by atoms with Crippen LogP contribution in [0, 0.1) is 0 Å². The summed E-state index contributed by atoms with van der Waals surface area (Å²) >= 11 is 0. The third kappa shape index (κ3) is 2.15. The zero-order chi connectivity index (χ0) is 10.7. The lowest BCUT2D eigenvalue weighted by Gasteiger charge is -2.22. The number of amides is 1. The van der Waals surface area contributed by atoms with Crippen LogP contribution in [0.15, 0.2) is 30.5 Å². The average molecular weight is 203 g/mol. The second-order valence-corrected chi connectivity index (χ2v) is 3.49. The summed E-state index contributed by atoms with van der Waals surface area (Å²) in [6.45, 7) is 1.44. The smallest absolute Gasteiger partial charge is 0.272 e. The van der Waals surface area contributed by atoms with Gasteiger partial charge in [-0.05, 0) is 18.6 Å². The van der Waals surface area contributed by atoms with Gasteiger partial charge >= 0.3 is 0 Å². The number of nitrogen functional groups attached to an aromatic ring is 1. The zero-order valence-corrected chi connectivity index (χ0v) is 8.39. The van der Waals surface area contributed by atoms with Gasteiger partial charge in [-0.2, -0.15) is 0 Å². The summed E-state index contributed by atoms with van der Waals surface area (Å²) in [5, 5.41) is 0. The van der Waals surface area contributed by atoms with E-state index in [1.807, 2.05) is 6.08 Å². The summed E-state index contributed by atoms with van der Waals surface area (Å²) < 4.78 is 0. The molecule has 0 spiro atoms. The van der Waals surface area contributed by atoms with Crippen LogP contribution in [0.2, 0.25) is 0 Å². The van der Waals surface area contributed by atoms with Crippen molar-refractivity contribution < 1.29 is 4.79 Å². The second kappa shape index (κ2) is 4.13. The van der Waals surface area contributed by atoms with Gasteiger partial charge in [0.15, 0.2) is 0 Å². The summed E-state index contributed by atoms with van der Waals surface area (Å²) in [4.78, 5) is 17.7. The molecule has 2 rings (SSSR count). The highest BCUT2D eigenvalue weighted by Crippen LogP contribution is 2.08. The van der Waals surface area contributed by atoms with Crippen molar-refractivity contribution in [3.63, 3.8) is 0 Å². The Morgan fingerprint density at radius 1 is 1.40 bits per heavy atom. The van der Waals surface area contributed by atoms with Gasteiger partial charge in [0.25, 0.3) is 5.91 Å². The molecule has 0 atom stereocenters. The minimum atomic E-state index is -0.0284. The SMILES string of the molecule is Nc1ccc(C(=O)N2CC=CCC2)nc1. The van der Waals surface area contributed by atoms with Crippen LogP contribution in [0.1, 0.15) is 16.9 Å². The molecule has 0 saturated carbocycles. The molecule has 0 fully saturated rings. The Balaban J connectivity index is 2.13. The molecular weight excluding hydrogens is 190 g/mol. The van der Waals surface area contributed by atoms with E-state index in [0.717, 1.165) is 13.0 Å². The average Bonchev–Trinajstić information content (AvgIpc) is 2.30. The van der Waals surface area contributed by atoms with Gasteiger partial charge in [-0.15, -0.1) is 0 Å². The Labute approximate surface area is 88.4 Å². The van der Waals surface area contributed by atoms with Crippen molar-refractivity contribution in [2.75, 3.05) is 18.8 Å². The molecule has 0 aromatic carbocycles. The quantitative estimate of drug-likeness (QED) is 0.694. The number of hydrogen-bond donors (Lipinski definition) is 1. The monoisotopic (exact) mass is 203 g/mol. The van der Waals surface area contributed by atoms with E-state index in [4.69, 9.17) is 5.73 Å². The Kier molecular flexibility index (Phi) is 2.67. The Hall–Kier alpha value is -1.84. The first-order valence-corrected chi connectivity index (χ1v) is 4.93. The lowest BCUT2D eigenvalue weighted by molar-refractivity contribution is 0.0765. The van der Waals surface area contributed by atoms with Crippen molar-refractivity contribution in [2.24, 2.45) is 0 Å². The van der Waals surface area contributed by atoms with E-state index in [-0.39, 0.29) is 5.91 Å². The van der Waals surface area contributed by atoms with Gasteiger partial charge < -0.3 is 10.6 Å². The normalized spacial score (nSPS) is 15.3. The van der Waals surface area contributed by atoms with Crippen molar-refractivity contribution in [1.29, 1.82) is 0 Å². The molecule has 2 heterocycles. The van der Waals surface area contributed by atoms with Gasteiger partial charge in [0, 0.05) is 13.1 Å². The fraction of sp³-hybridized carbons (Fsp3) is 0.273. The van der Waals surface area contributed by atoms with Gasteiger partial charge in [-0.25, -0.2) is 4.98 Å². The van der Waals surface area contributed by atoms with Crippen molar-refractivity contribution >= 4 is 11.6 Å². The van der Waals surface area contributed by atoms with E-state index in [2.05, 4.69) is 11.1 Å². The fourth-order valence-corrected chi connectivity index (χ4v) is 1.52. The predicted molar refractivity (Wildman–Crippen MR) is 58.3 cm³/mol. The van der Waals surface area contributed by atoms with Crippen molar-refractivity contribution in [1.82, 2.24) is 9.88 Å². The third-order valence-electron chi connectivity index (χ3n) is 2.35. The molecule has 2 N–H and O–H groups in total.